The molecular weight excluding hydrogens is 613 g/mol. The number of primary amides is 1. The van der Waals surface area contributed by atoms with Gasteiger partial charge < -0.3 is 33.7 Å². The normalized spacial score (nSPS) is 14.3. The van der Waals surface area contributed by atoms with Crippen molar-refractivity contribution >= 4 is 22.5 Å². The minimum atomic E-state index is -2.29. The zero-order valence-corrected chi connectivity index (χ0v) is 33.1. The molecule has 0 spiro atoms. The van der Waals surface area contributed by atoms with Gasteiger partial charge in [-0.2, -0.15) is 0 Å². The lowest BCUT2D eigenvalue weighted by Crippen LogP contribution is -2.50. The molecule has 2 rings (SSSR count). The highest BCUT2D eigenvalue weighted by molar-refractivity contribution is 6.78. The number of ether oxygens (including phenoxy) is 2. The van der Waals surface area contributed by atoms with Gasteiger partial charge in [-0.1, -0.05) is 83.1 Å². The highest BCUT2D eigenvalue weighted by Gasteiger charge is 2.47. The van der Waals surface area contributed by atoms with Gasteiger partial charge in [-0.25, -0.2) is 0 Å². The van der Waals surface area contributed by atoms with Crippen molar-refractivity contribution in [3.8, 4) is 22.8 Å². The average Bonchev–Trinajstić information content (AvgIpc) is 3.34. The summed E-state index contributed by atoms with van der Waals surface area (Å²) in [7, 11) is -2.83. The maximum Gasteiger partial charge on any atom is 0.265 e. The van der Waals surface area contributed by atoms with Gasteiger partial charge in [0.25, 0.3) is 14.2 Å². The fraction of sp³-hybridized carbons (Fsp3) is 0.694. The Morgan fingerprint density at radius 2 is 1.26 bits per heavy atom. The van der Waals surface area contributed by atoms with Crippen LogP contribution < -0.4 is 14.9 Å². The predicted octanol–water partition coefficient (Wildman–Crippen LogP) is 8.78. The van der Waals surface area contributed by atoms with E-state index in [-0.39, 0.29) is 19.3 Å². The molecule has 2 aromatic rings. The number of nitrogens with zero attached hydrogens (tertiary/aromatic N) is 1. The number of aromatic nitrogens is 1. The zero-order valence-electron chi connectivity index (χ0n) is 31.1. The first kappa shape index (κ1) is 40.1. The quantitative estimate of drug-likeness (QED) is 0.144. The van der Waals surface area contributed by atoms with Crippen molar-refractivity contribution in [2.75, 3.05) is 20.3 Å². The summed E-state index contributed by atoms with van der Waals surface area (Å²) in [6.45, 7) is 29.7. The first-order valence-electron chi connectivity index (χ1n) is 17.2. The monoisotopic (exact) mass is 676 g/mol. The second kappa shape index (κ2) is 16.8. The van der Waals surface area contributed by atoms with E-state index < -0.39 is 28.6 Å². The zero-order chi connectivity index (χ0) is 35.1. The Balaban J connectivity index is 2.65. The van der Waals surface area contributed by atoms with Crippen molar-refractivity contribution in [1.82, 2.24) is 4.57 Å². The van der Waals surface area contributed by atoms with Crippen molar-refractivity contribution in [1.29, 1.82) is 0 Å². The molecule has 1 heterocycles. The van der Waals surface area contributed by atoms with Crippen LogP contribution >= 0.6 is 0 Å². The molecule has 1 aromatic heterocycles. The van der Waals surface area contributed by atoms with E-state index in [0.717, 1.165) is 17.0 Å². The summed E-state index contributed by atoms with van der Waals surface area (Å²) in [5, 5.41) is 11.4. The summed E-state index contributed by atoms with van der Waals surface area (Å²) in [5.74, 6) is 0.826. The largest absolute Gasteiger partial charge is 0.543 e. The summed E-state index contributed by atoms with van der Waals surface area (Å²) in [6.07, 6.45) is -1.03. The van der Waals surface area contributed by atoms with Crippen LogP contribution in [0.25, 0.3) is 11.3 Å². The molecule has 2 atom stereocenters. The number of amides is 1. The lowest BCUT2D eigenvalue weighted by molar-refractivity contribution is 0.0820. The molecule has 0 aliphatic rings. The molecule has 3 N–H and O–H groups in total. The van der Waals surface area contributed by atoms with E-state index in [0.29, 0.717) is 51.3 Å². The van der Waals surface area contributed by atoms with Crippen molar-refractivity contribution in [3.63, 3.8) is 0 Å². The molecule has 0 unspecified atom stereocenters. The smallest absolute Gasteiger partial charge is 0.265 e. The Morgan fingerprint density at radius 3 is 1.72 bits per heavy atom. The van der Waals surface area contributed by atoms with E-state index in [9.17, 15) is 9.90 Å². The Labute approximate surface area is 281 Å². The topological polar surface area (TPSA) is 105 Å². The molecule has 0 aliphatic carbocycles. The van der Waals surface area contributed by atoms with E-state index >= 15 is 0 Å². The van der Waals surface area contributed by atoms with Crippen molar-refractivity contribution in [2.24, 2.45) is 5.73 Å². The molecule has 0 saturated carbocycles. The third kappa shape index (κ3) is 8.86. The average molecular weight is 677 g/mol. The fourth-order valence-corrected chi connectivity index (χ4v) is 18.8. The molecule has 262 valence electrons. The number of carbonyl (C=O) groups excluding carboxylic acids is 1. The van der Waals surface area contributed by atoms with Crippen LogP contribution in [0, 0.1) is 0 Å². The fourth-order valence-electron chi connectivity index (χ4n) is 8.04. The molecule has 8 nitrogen and oxygen atoms in total. The molecule has 0 saturated heterocycles. The number of methoxy groups -OCH3 is 1. The number of rotatable bonds is 19. The first-order chi connectivity index (χ1) is 21.3. The van der Waals surface area contributed by atoms with E-state index in [1.54, 1.807) is 17.7 Å². The molecule has 0 bridgehead atoms. The van der Waals surface area contributed by atoms with Gasteiger partial charge >= 0.3 is 0 Å². The molecule has 0 radical (unpaired) electrons. The van der Waals surface area contributed by atoms with Crippen LogP contribution in [0.3, 0.4) is 0 Å². The van der Waals surface area contributed by atoms with Crippen LogP contribution in [0.1, 0.15) is 100 Å². The van der Waals surface area contributed by atoms with Crippen LogP contribution in [0.2, 0.25) is 33.2 Å². The molecule has 1 amide bonds. The van der Waals surface area contributed by atoms with Gasteiger partial charge in [0.05, 0.1) is 25.9 Å². The van der Waals surface area contributed by atoms with Gasteiger partial charge in [-0.05, 0) is 64.4 Å². The Hall–Kier alpha value is -2.12. The second-order valence-electron chi connectivity index (χ2n) is 14.9. The third-order valence-corrected chi connectivity index (χ3v) is 21.9. The Bertz CT molecular complexity index is 1210. The van der Waals surface area contributed by atoms with Crippen LogP contribution in [-0.2, 0) is 15.7 Å². The third-order valence-electron chi connectivity index (χ3n) is 9.78. The SMILES string of the molecule is COC[C@H](C)Oc1cc(O[Si](C(C)C)(C(C)C)C(C)C)cc(-c2ccc(C(N)=O)n2C[C@H](O)CO[Si](C(C)C)(C(C)C)C(C)C)c1. The van der Waals surface area contributed by atoms with Crippen molar-refractivity contribution < 1.29 is 28.2 Å². The van der Waals surface area contributed by atoms with Gasteiger partial charge in [-0.3, -0.25) is 4.79 Å². The van der Waals surface area contributed by atoms with E-state index in [2.05, 4.69) is 83.1 Å². The standard InChI is InChI=1S/C36H64N2O6Si2/c1-23(2)45(24(3)4,25(5)6)42-22-31(39)20-38-34(15-16-35(38)36(37)40)30-17-32(43-29(13)21-41-14)19-33(18-30)44-46(26(7)8,27(9)10)28(11)12/h15-19,23-29,31,39H,20-22H2,1-14H3,(H2,37,40)/t29-,31-/m0/s1. The van der Waals surface area contributed by atoms with Gasteiger partial charge in [0.2, 0.25) is 0 Å². The minimum absolute atomic E-state index is 0.156. The number of aliphatic hydroxyl groups is 1. The Kier molecular flexibility index (Phi) is 14.6. The van der Waals surface area contributed by atoms with Crippen LogP contribution in [0.5, 0.6) is 11.5 Å². The second-order valence-corrected chi connectivity index (χ2v) is 25.7. The summed E-state index contributed by atoms with van der Waals surface area (Å²) < 4.78 is 27.3. The number of aliphatic hydroxyl groups excluding tert-OH is 1. The van der Waals surface area contributed by atoms with Gasteiger partial charge in [0.1, 0.15) is 23.3 Å². The van der Waals surface area contributed by atoms with Gasteiger partial charge in [-0.15, -0.1) is 0 Å². The summed E-state index contributed by atoms with van der Waals surface area (Å²) in [5.41, 5.74) is 10.1. The number of benzene rings is 1. The molecule has 0 aliphatic heterocycles. The number of hydrogen-bond donors (Lipinski definition) is 2. The van der Waals surface area contributed by atoms with E-state index in [4.69, 9.17) is 24.1 Å². The number of nitrogens with two attached hydrogens (primary N) is 1. The maximum absolute atomic E-state index is 12.6. The van der Waals surface area contributed by atoms with Crippen molar-refractivity contribution in [2.45, 2.75) is 142 Å². The van der Waals surface area contributed by atoms with Gasteiger partial charge in [0, 0.05) is 24.4 Å². The maximum atomic E-state index is 12.6. The summed E-state index contributed by atoms with van der Waals surface area (Å²) in [4.78, 5) is 12.6. The molecule has 1 aromatic carbocycles. The predicted molar refractivity (Wildman–Crippen MR) is 195 cm³/mol. The highest BCUT2D eigenvalue weighted by atomic mass is 28.4. The lowest BCUT2D eigenvalue weighted by atomic mass is 10.1. The van der Waals surface area contributed by atoms with E-state index in [1.807, 2.05) is 31.2 Å². The van der Waals surface area contributed by atoms with Crippen LogP contribution in [0.15, 0.2) is 30.3 Å². The molecule has 0 fully saturated rings. The number of carbonyl (C=O) groups is 1. The Morgan fingerprint density at radius 1 is 0.761 bits per heavy atom. The van der Waals surface area contributed by atoms with Gasteiger partial charge in [0.15, 0.2) is 8.32 Å². The minimum Gasteiger partial charge on any atom is -0.543 e. The molecular formula is C36H64N2O6Si2. The van der Waals surface area contributed by atoms with E-state index in [1.165, 1.54) is 0 Å². The van der Waals surface area contributed by atoms with Crippen LogP contribution in [-0.4, -0.2) is 64.7 Å². The summed E-state index contributed by atoms with van der Waals surface area (Å²) >= 11 is 0. The molecule has 10 heteroatoms. The van der Waals surface area contributed by atoms with Crippen molar-refractivity contribution in [3.05, 3.63) is 36.0 Å². The lowest BCUT2D eigenvalue weighted by Gasteiger charge is -2.42. The molecule has 46 heavy (non-hydrogen) atoms. The number of hydrogen-bond acceptors (Lipinski definition) is 6. The van der Waals surface area contributed by atoms with Crippen LogP contribution in [0.4, 0.5) is 0 Å². The summed E-state index contributed by atoms with van der Waals surface area (Å²) in [6, 6.07) is 9.54. The highest BCUT2D eigenvalue weighted by Crippen LogP contribution is 2.45. The first-order valence-corrected chi connectivity index (χ1v) is 21.4.